The third kappa shape index (κ3) is 4.28. The first-order chi connectivity index (χ1) is 13.2. The van der Waals surface area contributed by atoms with E-state index < -0.39 is 0 Å². The van der Waals surface area contributed by atoms with Crippen LogP contribution in [0.25, 0.3) is 0 Å². The number of rotatable bonds is 7. The number of ether oxygens (including phenoxy) is 2. The van der Waals surface area contributed by atoms with E-state index >= 15 is 0 Å². The molecule has 1 aliphatic rings. The Hall–Kier alpha value is -3.72. The van der Waals surface area contributed by atoms with Gasteiger partial charge in [0.25, 0.3) is 0 Å². The molecule has 1 aliphatic heterocycles. The van der Waals surface area contributed by atoms with Crippen LogP contribution in [0.3, 0.4) is 0 Å². The van der Waals surface area contributed by atoms with Crippen LogP contribution in [0.4, 0.5) is 23.0 Å². The number of aromatic nitrogens is 2. The Bertz CT molecular complexity index is 870. The van der Waals surface area contributed by atoms with Crippen molar-refractivity contribution in [3.63, 3.8) is 0 Å². The molecule has 3 rings (SSSR count). The molecule has 1 aromatic carbocycles. The summed E-state index contributed by atoms with van der Waals surface area (Å²) in [6.45, 7) is 1.90. The number of nitrogens with one attached hydrogen (secondary N) is 1. The molecule has 0 bridgehead atoms. The number of nitriles is 2. The molecule has 0 saturated heterocycles. The van der Waals surface area contributed by atoms with Crippen LogP contribution in [0.5, 0.6) is 11.5 Å². The van der Waals surface area contributed by atoms with E-state index in [0.717, 1.165) is 5.69 Å². The van der Waals surface area contributed by atoms with E-state index in [9.17, 15) is 0 Å². The maximum absolute atomic E-state index is 8.86. The molecule has 2 heterocycles. The summed E-state index contributed by atoms with van der Waals surface area (Å²) < 4.78 is 11.1. The van der Waals surface area contributed by atoms with Gasteiger partial charge in [0.1, 0.15) is 25.2 Å². The van der Waals surface area contributed by atoms with Gasteiger partial charge in [-0.25, -0.2) is 9.97 Å². The maximum Gasteiger partial charge on any atom is 0.163 e. The molecule has 0 aliphatic carbocycles. The lowest BCUT2D eigenvalue weighted by molar-refractivity contribution is 0.171. The number of nitrogen functional groups attached to an aromatic ring is 1. The second kappa shape index (κ2) is 8.59. The molecule has 0 fully saturated rings. The lowest BCUT2D eigenvalue weighted by Gasteiger charge is -2.24. The van der Waals surface area contributed by atoms with Gasteiger partial charge in [0, 0.05) is 24.8 Å². The molecule has 27 heavy (non-hydrogen) atoms. The van der Waals surface area contributed by atoms with Crippen molar-refractivity contribution in [1.29, 1.82) is 10.5 Å². The van der Waals surface area contributed by atoms with Gasteiger partial charge in [-0.1, -0.05) is 0 Å². The first-order valence-corrected chi connectivity index (χ1v) is 8.49. The minimum absolute atomic E-state index is 0.305. The average molecular weight is 365 g/mol. The summed E-state index contributed by atoms with van der Waals surface area (Å²) in [5.74, 6) is 2.29. The quantitative estimate of drug-likeness (QED) is 0.757. The second-order valence-electron chi connectivity index (χ2n) is 5.75. The topological polar surface area (TPSA) is 133 Å². The Kier molecular flexibility index (Phi) is 5.75. The zero-order valence-corrected chi connectivity index (χ0v) is 14.7. The summed E-state index contributed by atoms with van der Waals surface area (Å²) in [5.41, 5.74) is 7.36. The van der Waals surface area contributed by atoms with Gasteiger partial charge in [0.15, 0.2) is 23.1 Å². The molecule has 0 radical (unpaired) electrons. The Balaban J connectivity index is 1.83. The number of nitrogens with two attached hydrogens (primary N) is 1. The molecule has 0 unspecified atom stereocenters. The fraction of sp³-hybridized carbons (Fsp3) is 0.333. The fourth-order valence-electron chi connectivity index (χ4n) is 2.69. The van der Waals surface area contributed by atoms with E-state index in [4.69, 9.17) is 25.7 Å². The Morgan fingerprint density at radius 2 is 1.78 bits per heavy atom. The summed E-state index contributed by atoms with van der Waals surface area (Å²) in [5, 5.41) is 20.9. The summed E-state index contributed by atoms with van der Waals surface area (Å²) in [6, 6.07) is 9.68. The number of nitrogens with zero attached hydrogens (tertiary/aromatic N) is 5. The molecule has 9 heteroatoms. The van der Waals surface area contributed by atoms with Gasteiger partial charge in [-0.15, -0.1) is 0 Å². The van der Waals surface area contributed by atoms with Gasteiger partial charge in [-0.3, -0.25) is 0 Å². The highest BCUT2D eigenvalue weighted by Crippen LogP contribution is 2.35. The third-order valence-electron chi connectivity index (χ3n) is 3.95. The van der Waals surface area contributed by atoms with Crippen LogP contribution < -0.4 is 25.4 Å². The van der Waals surface area contributed by atoms with Gasteiger partial charge in [-0.2, -0.15) is 10.5 Å². The minimum Gasteiger partial charge on any atom is -0.486 e. The van der Waals surface area contributed by atoms with Crippen LogP contribution in [-0.4, -0.2) is 36.3 Å². The molecular formula is C18H19N7O2. The zero-order chi connectivity index (χ0) is 19.1. The van der Waals surface area contributed by atoms with E-state index in [1.165, 1.54) is 6.33 Å². The van der Waals surface area contributed by atoms with E-state index in [1.54, 1.807) is 0 Å². The average Bonchev–Trinajstić information content (AvgIpc) is 2.70. The van der Waals surface area contributed by atoms with Crippen LogP contribution in [0, 0.1) is 22.7 Å². The predicted molar refractivity (Wildman–Crippen MR) is 99.8 cm³/mol. The van der Waals surface area contributed by atoms with Crippen molar-refractivity contribution in [3.05, 3.63) is 24.5 Å². The lowest BCUT2D eigenvalue weighted by Crippen LogP contribution is -2.27. The van der Waals surface area contributed by atoms with Crippen molar-refractivity contribution < 1.29 is 9.47 Å². The highest BCUT2D eigenvalue weighted by Gasteiger charge is 2.16. The lowest BCUT2D eigenvalue weighted by atomic mass is 10.2. The number of anilines is 4. The second-order valence-corrected chi connectivity index (χ2v) is 5.75. The van der Waals surface area contributed by atoms with Crippen LogP contribution >= 0.6 is 0 Å². The van der Waals surface area contributed by atoms with Crippen LogP contribution in [0.2, 0.25) is 0 Å². The largest absolute Gasteiger partial charge is 0.486 e. The number of hydrogen-bond donors (Lipinski definition) is 2. The molecule has 0 saturated carbocycles. The number of benzene rings is 1. The van der Waals surface area contributed by atoms with E-state index in [0.29, 0.717) is 68.0 Å². The van der Waals surface area contributed by atoms with E-state index in [2.05, 4.69) is 27.4 Å². The number of fused-ring (bicyclic) bond motifs is 1. The normalized spacial score (nSPS) is 11.9. The Morgan fingerprint density at radius 3 is 2.48 bits per heavy atom. The van der Waals surface area contributed by atoms with Crippen molar-refractivity contribution in [2.75, 3.05) is 42.3 Å². The van der Waals surface area contributed by atoms with Crippen molar-refractivity contribution in [1.82, 2.24) is 9.97 Å². The molecule has 9 nitrogen and oxygen atoms in total. The summed E-state index contributed by atoms with van der Waals surface area (Å²) >= 11 is 0. The van der Waals surface area contributed by atoms with Gasteiger partial charge in [-0.05, 0) is 12.1 Å². The first kappa shape index (κ1) is 18.1. The standard InChI is InChI=1S/C18H19N7O2/c19-5-1-7-25(8-2-6-20)18-16(21)17(22-12-23-18)24-13-3-4-14-15(11-13)27-10-9-26-14/h3-4,11-12H,1-2,7-10,21H2,(H,22,23,24). The van der Waals surface area contributed by atoms with Crippen molar-refractivity contribution >= 4 is 23.0 Å². The fourth-order valence-corrected chi connectivity index (χ4v) is 2.69. The van der Waals surface area contributed by atoms with Crippen LogP contribution in [0.15, 0.2) is 24.5 Å². The summed E-state index contributed by atoms with van der Waals surface area (Å²) in [6.07, 6.45) is 2.01. The smallest absolute Gasteiger partial charge is 0.163 e. The number of hydrogen-bond acceptors (Lipinski definition) is 9. The summed E-state index contributed by atoms with van der Waals surface area (Å²) in [7, 11) is 0. The molecule has 1 aromatic heterocycles. The van der Waals surface area contributed by atoms with Crippen LogP contribution in [0.1, 0.15) is 12.8 Å². The molecule has 3 N–H and O–H groups in total. The molecule has 138 valence electrons. The first-order valence-electron chi connectivity index (χ1n) is 8.49. The predicted octanol–water partition coefficient (Wildman–Crippen LogP) is 2.21. The highest BCUT2D eigenvalue weighted by atomic mass is 16.6. The van der Waals surface area contributed by atoms with Gasteiger partial charge in [0.05, 0.1) is 25.0 Å². The highest BCUT2D eigenvalue weighted by molar-refractivity contribution is 5.78. The van der Waals surface area contributed by atoms with Crippen molar-refractivity contribution in [3.8, 4) is 23.6 Å². The molecule has 0 spiro atoms. The van der Waals surface area contributed by atoms with Gasteiger partial charge in [0.2, 0.25) is 0 Å². The van der Waals surface area contributed by atoms with E-state index in [1.807, 2.05) is 23.1 Å². The molecule has 0 atom stereocenters. The molecule has 0 amide bonds. The van der Waals surface area contributed by atoms with Crippen molar-refractivity contribution in [2.45, 2.75) is 12.8 Å². The third-order valence-corrected chi connectivity index (χ3v) is 3.95. The zero-order valence-electron chi connectivity index (χ0n) is 14.7. The Labute approximate surface area is 157 Å². The van der Waals surface area contributed by atoms with Gasteiger partial charge >= 0.3 is 0 Å². The van der Waals surface area contributed by atoms with Gasteiger partial charge < -0.3 is 25.4 Å². The SMILES string of the molecule is N#CCCN(CCC#N)c1ncnc(Nc2ccc3c(c2)OCCO3)c1N. The van der Waals surface area contributed by atoms with Crippen molar-refractivity contribution in [2.24, 2.45) is 0 Å². The minimum atomic E-state index is 0.305. The van der Waals surface area contributed by atoms with E-state index in [-0.39, 0.29) is 0 Å². The maximum atomic E-state index is 8.86. The monoisotopic (exact) mass is 365 g/mol. The molecular weight excluding hydrogens is 346 g/mol. The van der Waals surface area contributed by atoms with Crippen LogP contribution in [-0.2, 0) is 0 Å². The summed E-state index contributed by atoms with van der Waals surface area (Å²) in [4.78, 5) is 10.3. The molecule has 2 aromatic rings. The Morgan fingerprint density at radius 1 is 1.07 bits per heavy atom.